The third-order valence-electron chi connectivity index (χ3n) is 19.0. The highest BCUT2D eigenvalue weighted by atomic mass is 28.3. The quantitative estimate of drug-likeness (QED) is 0.155. The molecule has 3 aliphatic heterocycles. The van der Waals surface area contributed by atoms with Crippen molar-refractivity contribution in [3.63, 3.8) is 0 Å². The van der Waals surface area contributed by atoms with Crippen LogP contribution in [-0.2, 0) is 0 Å². The molecule has 0 aliphatic carbocycles. The molecule has 1 unspecified atom stereocenters. The molecule has 16 aromatic rings. The minimum absolute atomic E-state index is 1.12. The first-order valence-electron chi connectivity index (χ1n) is 29.9. The molecule has 7 heteroatoms. The van der Waals surface area contributed by atoms with Crippen LogP contribution < -0.4 is 30.3 Å². The molecule has 19 rings (SSSR count). The zero-order valence-corrected chi connectivity index (χ0v) is 48.8. The lowest BCUT2D eigenvalue weighted by Gasteiger charge is -2.50. The number of para-hydroxylation sites is 6. The van der Waals surface area contributed by atoms with Crippen molar-refractivity contribution >= 4 is 152 Å². The molecule has 0 N–H and O–H groups in total. The van der Waals surface area contributed by atoms with Crippen molar-refractivity contribution in [3.8, 4) is 17.1 Å². The van der Waals surface area contributed by atoms with Crippen molar-refractivity contribution in [2.75, 3.05) is 14.7 Å². The average molecular weight is 1120 g/mol. The Morgan fingerprint density at radius 2 is 0.523 bits per heavy atom. The Morgan fingerprint density at radius 1 is 0.233 bits per heavy atom. The van der Waals surface area contributed by atoms with Gasteiger partial charge < -0.3 is 28.4 Å². The van der Waals surface area contributed by atoms with Crippen LogP contribution in [-0.4, -0.2) is 22.5 Å². The highest BCUT2D eigenvalue weighted by molar-refractivity contribution is 7.03. The SMILES string of the molecule is Cc1ccc(N2c3cc(-n4c5ccccc5c5ccccc54)cc4c3[SiH]3c5c2cc(-n2c6ccccc6c6ccccc62)cc5N(c2ccc(C)cc2)c2c3c(cc3cc(-n5c6ccccc6c6ccccc65)ccc23)N4c2ccc(C)cc2)cc1. The van der Waals surface area contributed by atoms with Gasteiger partial charge in [-0.3, -0.25) is 0 Å². The van der Waals surface area contributed by atoms with E-state index >= 15 is 0 Å². The molecular weight excluding hydrogens is 1060 g/mol. The van der Waals surface area contributed by atoms with Gasteiger partial charge in [-0.25, -0.2) is 0 Å². The van der Waals surface area contributed by atoms with E-state index in [1.807, 2.05) is 0 Å². The van der Waals surface area contributed by atoms with Crippen LogP contribution in [0.5, 0.6) is 0 Å². The van der Waals surface area contributed by atoms with Crippen molar-refractivity contribution in [1.29, 1.82) is 0 Å². The minimum atomic E-state index is -2.52. The Balaban J connectivity index is 1.01. The van der Waals surface area contributed by atoms with Crippen LogP contribution >= 0.6 is 0 Å². The van der Waals surface area contributed by atoms with Crippen LogP contribution in [0.25, 0.3) is 93.3 Å². The molecule has 3 aromatic heterocycles. The summed E-state index contributed by atoms with van der Waals surface area (Å²) in [4.78, 5) is 7.96. The summed E-state index contributed by atoms with van der Waals surface area (Å²) in [6.07, 6.45) is 0. The van der Waals surface area contributed by atoms with E-state index < -0.39 is 8.80 Å². The molecule has 3 aliphatic rings. The molecule has 0 saturated carbocycles. The standard InChI is InChI=1S/C79H54N6Si/c1-48-28-34-52(35-29-48)80-71-43-51-42-55(82-65-22-10-4-16-59(65)60-17-5-11-23-66(60)82)40-41-58(51)76-79(71)86-77-72(80)44-56(83-67-24-12-6-18-61(67)62-19-7-13-25-68(62)83)45-73(77)81(53-36-30-49(2)31-37-53)74-46-57(47-75(78(74)86)85(76)54-38-32-50(3)33-39-54)84-69-26-14-8-20-63(69)64-21-9-15-27-70(64)84/h4-47,86H,1-3H3. The lowest BCUT2D eigenvalue weighted by atomic mass is 10.00. The fourth-order valence-electron chi connectivity index (χ4n) is 15.4. The van der Waals surface area contributed by atoms with Gasteiger partial charge in [0.2, 0.25) is 0 Å². The summed E-state index contributed by atoms with van der Waals surface area (Å²) in [5.41, 5.74) is 24.9. The van der Waals surface area contributed by atoms with E-state index in [4.69, 9.17) is 0 Å². The fraction of sp³-hybridized carbons (Fsp3) is 0.0380. The van der Waals surface area contributed by atoms with Gasteiger partial charge in [0.15, 0.2) is 0 Å². The first-order valence-corrected chi connectivity index (χ1v) is 31.7. The molecule has 6 heterocycles. The third kappa shape index (κ3) is 6.49. The van der Waals surface area contributed by atoms with E-state index in [0.717, 1.165) is 34.1 Å². The number of anilines is 9. The van der Waals surface area contributed by atoms with Crippen molar-refractivity contribution < 1.29 is 0 Å². The first kappa shape index (κ1) is 47.6. The van der Waals surface area contributed by atoms with E-state index in [0.29, 0.717) is 0 Å². The number of benzene rings is 13. The van der Waals surface area contributed by atoms with Gasteiger partial charge >= 0.3 is 0 Å². The fourth-order valence-corrected chi connectivity index (χ4v) is 19.3. The second kappa shape index (κ2) is 17.6. The molecule has 0 bridgehead atoms. The van der Waals surface area contributed by atoms with E-state index in [1.165, 1.54) is 143 Å². The predicted molar refractivity (Wildman–Crippen MR) is 365 cm³/mol. The second-order valence-electron chi connectivity index (χ2n) is 23.9. The van der Waals surface area contributed by atoms with Crippen molar-refractivity contribution in [1.82, 2.24) is 13.7 Å². The molecule has 0 radical (unpaired) electrons. The topological polar surface area (TPSA) is 24.5 Å². The maximum atomic E-state index is 2.67. The summed E-state index contributed by atoms with van der Waals surface area (Å²) < 4.78 is 7.53. The maximum Gasteiger partial charge on any atom is 0.149 e. The van der Waals surface area contributed by atoms with E-state index in [2.05, 4.69) is 316 Å². The van der Waals surface area contributed by atoms with E-state index in [9.17, 15) is 0 Å². The Morgan fingerprint density at radius 3 is 0.884 bits per heavy atom. The van der Waals surface area contributed by atoms with E-state index in [1.54, 1.807) is 0 Å². The average Bonchev–Trinajstić information content (AvgIpc) is 0.826. The van der Waals surface area contributed by atoms with Crippen LogP contribution in [0.3, 0.4) is 0 Å². The largest absolute Gasteiger partial charge is 0.310 e. The summed E-state index contributed by atoms with van der Waals surface area (Å²) in [5, 5.41) is 14.2. The lowest BCUT2D eigenvalue weighted by Crippen LogP contribution is -2.65. The maximum absolute atomic E-state index is 2.67. The summed E-state index contributed by atoms with van der Waals surface area (Å²) in [6, 6.07) is 101. The van der Waals surface area contributed by atoms with Gasteiger partial charge in [-0.2, -0.15) is 0 Å². The first-order chi connectivity index (χ1) is 42.4. The molecule has 0 spiro atoms. The number of hydrogen-bond acceptors (Lipinski definition) is 3. The lowest BCUT2D eigenvalue weighted by molar-refractivity contribution is 1.14. The van der Waals surface area contributed by atoms with Gasteiger partial charge in [0.05, 0.1) is 72.9 Å². The number of aromatic nitrogens is 3. The van der Waals surface area contributed by atoms with Crippen LogP contribution in [0.1, 0.15) is 16.7 Å². The Labute approximate surface area is 498 Å². The smallest absolute Gasteiger partial charge is 0.149 e. The molecule has 0 fully saturated rings. The van der Waals surface area contributed by atoms with Gasteiger partial charge in [-0.05, 0) is 157 Å². The number of fused-ring (bicyclic) bond motifs is 11. The number of hydrogen-bond donors (Lipinski definition) is 0. The van der Waals surface area contributed by atoms with Gasteiger partial charge in [0.25, 0.3) is 0 Å². The van der Waals surface area contributed by atoms with Crippen molar-refractivity contribution in [2.24, 2.45) is 0 Å². The van der Waals surface area contributed by atoms with Crippen molar-refractivity contribution in [3.05, 3.63) is 284 Å². The van der Waals surface area contributed by atoms with Gasteiger partial charge in [0, 0.05) is 66.1 Å². The number of rotatable bonds is 6. The minimum Gasteiger partial charge on any atom is -0.310 e. The number of aryl methyl sites for hydroxylation is 3. The molecule has 13 aromatic carbocycles. The molecule has 0 saturated heterocycles. The molecule has 1 atom stereocenters. The van der Waals surface area contributed by atoms with Gasteiger partial charge in [0.1, 0.15) is 8.80 Å². The summed E-state index contributed by atoms with van der Waals surface area (Å²) >= 11 is 0. The highest BCUT2D eigenvalue weighted by Crippen LogP contribution is 2.54. The van der Waals surface area contributed by atoms with Crippen LogP contribution in [0.15, 0.2) is 267 Å². The summed E-state index contributed by atoms with van der Waals surface area (Å²) in [6.45, 7) is 6.60. The molecular formula is C79H54N6Si. The zero-order chi connectivity index (χ0) is 56.6. The molecule has 6 nitrogen and oxygen atoms in total. The Hall–Kier alpha value is -10.9. The van der Waals surface area contributed by atoms with Gasteiger partial charge in [-0.15, -0.1) is 0 Å². The predicted octanol–water partition coefficient (Wildman–Crippen LogP) is 18.7. The van der Waals surface area contributed by atoms with Gasteiger partial charge in [-0.1, -0.05) is 168 Å². The molecule has 0 amide bonds. The summed E-state index contributed by atoms with van der Waals surface area (Å²) in [5.74, 6) is 0. The normalized spacial score (nSPS) is 14.0. The third-order valence-corrected chi connectivity index (χ3v) is 22.5. The van der Waals surface area contributed by atoms with Crippen LogP contribution in [0, 0.1) is 20.8 Å². The second-order valence-corrected chi connectivity index (χ2v) is 26.5. The van der Waals surface area contributed by atoms with E-state index in [-0.39, 0.29) is 0 Å². The Bertz CT molecular complexity index is 5410. The van der Waals surface area contributed by atoms with Crippen molar-refractivity contribution in [2.45, 2.75) is 20.8 Å². The number of nitrogens with zero attached hydrogens (tertiary/aromatic N) is 6. The Kier molecular flexibility index (Phi) is 9.74. The monoisotopic (exact) mass is 1110 g/mol. The molecule has 86 heavy (non-hydrogen) atoms. The van der Waals surface area contributed by atoms with Crippen LogP contribution in [0.2, 0.25) is 0 Å². The van der Waals surface area contributed by atoms with Crippen LogP contribution in [0.4, 0.5) is 51.2 Å². The summed E-state index contributed by atoms with van der Waals surface area (Å²) in [7, 11) is -2.52. The molecule has 404 valence electrons. The highest BCUT2D eigenvalue weighted by Gasteiger charge is 2.49. The zero-order valence-electron chi connectivity index (χ0n) is 47.7.